The molecule has 0 N–H and O–H groups in total. The van der Waals surface area contributed by atoms with Crippen molar-refractivity contribution in [2.24, 2.45) is 0 Å². The van der Waals surface area contributed by atoms with Crippen LogP contribution < -0.4 is 0 Å². The first kappa shape index (κ1) is 38.8. The Hall–Kier alpha value is -7.34. The van der Waals surface area contributed by atoms with E-state index in [1.54, 1.807) is 54.6 Å². The van der Waals surface area contributed by atoms with Crippen LogP contribution in [0.2, 0.25) is 0 Å². The topological polar surface area (TPSA) is 22.8 Å². The van der Waals surface area contributed by atoms with Gasteiger partial charge in [-0.3, -0.25) is 0 Å². The molecule has 0 spiro atoms. The number of halogens is 9. The van der Waals surface area contributed by atoms with E-state index in [0.29, 0.717) is 5.69 Å². The van der Waals surface area contributed by atoms with Crippen LogP contribution in [0.3, 0.4) is 0 Å². The maximum absolute atomic E-state index is 16.2. The van der Waals surface area contributed by atoms with Crippen LogP contribution in [0.1, 0.15) is 16.7 Å². The standard InChI is InChI=1S/C50H28F9N3/c51-48(52,53)31-21-23-43-37(27-31)35-15-6-8-19-41(35)61(43)45-25-30(39-17-10-18-40(60-39)34-14-5-4-13-33(34)29-11-2-1-3-12-29)26-46(47(45)50(57,58)59)62-42-20-9-7-16-36(42)38-28-32(49(54,55)56)22-24-44(38)62/h1-28H. The number of hydrogen-bond acceptors (Lipinski definition) is 1. The number of rotatable bonds is 5. The largest absolute Gasteiger partial charge is 0.420 e. The highest BCUT2D eigenvalue weighted by molar-refractivity contribution is 6.11. The Bertz CT molecular complexity index is 3220. The average Bonchev–Trinajstić information content (AvgIpc) is 3.77. The normalized spacial score (nSPS) is 12.6. The molecule has 0 saturated heterocycles. The van der Waals surface area contributed by atoms with Gasteiger partial charge >= 0.3 is 18.5 Å². The number of para-hydroxylation sites is 2. The van der Waals surface area contributed by atoms with Gasteiger partial charge in [0.1, 0.15) is 5.56 Å². The zero-order valence-corrected chi connectivity index (χ0v) is 31.9. The first-order chi connectivity index (χ1) is 29.7. The molecular weight excluding hydrogens is 814 g/mol. The number of nitrogens with zero attached hydrogens (tertiary/aromatic N) is 3. The molecule has 62 heavy (non-hydrogen) atoms. The molecule has 0 atom stereocenters. The number of hydrogen-bond donors (Lipinski definition) is 0. The fraction of sp³-hybridized carbons (Fsp3) is 0.0600. The SMILES string of the molecule is FC(F)(F)c1ccc2c(c1)c1ccccc1n2-c1cc(-c2cccc(-c3ccccc3-c3ccccc3)n2)cc(-n2c3ccccc3c3cc(C(F)(F)F)ccc32)c1C(F)(F)F. The molecule has 0 unspecified atom stereocenters. The molecule has 12 heteroatoms. The highest BCUT2D eigenvalue weighted by atomic mass is 19.4. The van der Waals surface area contributed by atoms with E-state index in [9.17, 15) is 26.3 Å². The van der Waals surface area contributed by atoms with Gasteiger partial charge in [0.05, 0.1) is 56.0 Å². The molecule has 0 fully saturated rings. The molecule has 0 amide bonds. The van der Waals surface area contributed by atoms with Crippen LogP contribution in [-0.4, -0.2) is 14.1 Å². The van der Waals surface area contributed by atoms with Crippen LogP contribution in [0.25, 0.3) is 88.6 Å². The van der Waals surface area contributed by atoms with E-state index < -0.39 is 46.6 Å². The van der Waals surface area contributed by atoms with Crippen LogP contribution >= 0.6 is 0 Å². The monoisotopic (exact) mass is 841 g/mol. The van der Waals surface area contributed by atoms with Crippen molar-refractivity contribution in [2.75, 3.05) is 0 Å². The molecule has 10 aromatic rings. The molecule has 0 aliphatic carbocycles. The van der Waals surface area contributed by atoms with E-state index in [1.807, 2.05) is 54.6 Å². The first-order valence-corrected chi connectivity index (χ1v) is 19.3. The van der Waals surface area contributed by atoms with E-state index in [1.165, 1.54) is 33.4 Å². The molecule has 0 saturated carbocycles. The van der Waals surface area contributed by atoms with Crippen LogP contribution in [0, 0.1) is 0 Å². The lowest BCUT2D eigenvalue weighted by atomic mass is 9.96. The van der Waals surface area contributed by atoms with Crippen molar-refractivity contribution in [1.29, 1.82) is 0 Å². The molecule has 3 nitrogen and oxygen atoms in total. The quantitative estimate of drug-likeness (QED) is 0.158. The van der Waals surface area contributed by atoms with Crippen molar-refractivity contribution >= 4 is 43.6 Å². The van der Waals surface area contributed by atoms with Crippen LogP contribution in [0.5, 0.6) is 0 Å². The van der Waals surface area contributed by atoms with Crippen molar-refractivity contribution < 1.29 is 39.5 Å². The summed E-state index contributed by atoms with van der Waals surface area (Å²) in [5, 5.41) is 0.708. The maximum atomic E-state index is 16.2. The van der Waals surface area contributed by atoms with E-state index in [4.69, 9.17) is 4.98 Å². The summed E-state index contributed by atoms with van der Waals surface area (Å²) in [4.78, 5) is 5.01. The Morgan fingerprint density at radius 2 is 0.790 bits per heavy atom. The smallest absolute Gasteiger partial charge is 0.309 e. The van der Waals surface area contributed by atoms with Gasteiger partial charge in [-0.05, 0) is 83.9 Å². The zero-order chi connectivity index (χ0) is 43.1. The number of pyridine rings is 1. The zero-order valence-electron chi connectivity index (χ0n) is 31.9. The minimum atomic E-state index is -5.12. The van der Waals surface area contributed by atoms with E-state index in [-0.39, 0.29) is 54.9 Å². The number of fused-ring (bicyclic) bond motifs is 6. The van der Waals surface area contributed by atoms with Gasteiger partial charge in [0.25, 0.3) is 0 Å². The first-order valence-electron chi connectivity index (χ1n) is 19.3. The number of benzene rings is 7. The second-order valence-corrected chi connectivity index (χ2v) is 14.9. The number of alkyl halides is 9. The van der Waals surface area contributed by atoms with Gasteiger partial charge in [-0.1, -0.05) is 97.1 Å². The third-order valence-electron chi connectivity index (χ3n) is 11.2. The highest BCUT2D eigenvalue weighted by Gasteiger charge is 2.40. The van der Waals surface area contributed by atoms with Gasteiger partial charge in [-0.15, -0.1) is 0 Å². The fourth-order valence-electron chi connectivity index (χ4n) is 8.54. The molecule has 0 radical (unpaired) electrons. The molecule has 0 aliphatic rings. The number of aromatic nitrogens is 3. The van der Waals surface area contributed by atoms with E-state index in [0.717, 1.165) is 53.1 Å². The molecule has 3 heterocycles. The van der Waals surface area contributed by atoms with Gasteiger partial charge < -0.3 is 9.13 Å². The Kier molecular flexibility index (Phi) is 8.84. The summed E-state index contributed by atoms with van der Waals surface area (Å²) in [6.45, 7) is 0. The van der Waals surface area contributed by atoms with Crippen LogP contribution in [0.15, 0.2) is 170 Å². The predicted molar refractivity (Wildman–Crippen MR) is 224 cm³/mol. The second kappa shape index (κ2) is 14.1. The summed E-state index contributed by atoms with van der Waals surface area (Å²) in [6.07, 6.45) is -14.6. The molecule has 0 bridgehead atoms. The van der Waals surface area contributed by atoms with Gasteiger partial charge in [-0.2, -0.15) is 39.5 Å². The maximum Gasteiger partial charge on any atom is 0.420 e. The summed E-state index contributed by atoms with van der Waals surface area (Å²) in [5.41, 5.74) is 0.0820. The Morgan fingerprint density at radius 3 is 1.31 bits per heavy atom. The van der Waals surface area contributed by atoms with Crippen molar-refractivity contribution in [1.82, 2.24) is 14.1 Å². The molecule has 3 aromatic heterocycles. The van der Waals surface area contributed by atoms with Gasteiger partial charge in [0.15, 0.2) is 0 Å². The minimum absolute atomic E-state index is 0.0725. The summed E-state index contributed by atoms with van der Waals surface area (Å²) in [7, 11) is 0. The molecule has 0 aliphatic heterocycles. The lowest BCUT2D eigenvalue weighted by Gasteiger charge is -2.23. The Labute approximate surface area is 346 Å². The summed E-state index contributed by atoms with van der Waals surface area (Å²) >= 11 is 0. The fourth-order valence-corrected chi connectivity index (χ4v) is 8.54. The van der Waals surface area contributed by atoms with Crippen molar-refractivity contribution in [3.8, 4) is 45.0 Å². The third-order valence-corrected chi connectivity index (χ3v) is 11.2. The third kappa shape index (κ3) is 6.45. The van der Waals surface area contributed by atoms with Crippen molar-refractivity contribution in [3.63, 3.8) is 0 Å². The molecule has 10 rings (SSSR count). The summed E-state index contributed by atoms with van der Waals surface area (Å²) in [6, 6.07) is 43.3. The highest BCUT2D eigenvalue weighted by Crippen LogP contribution is 2.47. The van der Waals surface area contributed by atoms with E-state index >= 15 is 13.2 Å². The summed E-state index contributed by atoms with van der Waals surface area (Å²) < 4.78 is 136. The second-order valence-electron chi connectivity index (χ2n) is 14.9. The van der Waals surface area contributed by atoms with Gasteiger partial charge in [-0.25, -0.2) is 4.98 Å². The van der Waals surface area contributed by atoms with Gasteiger partial charge in [0, 0.05) is 32.7 Å². The predicted octanol–water partition coefficient (Wildman–Crippen LogP) is 15.3. The minimum Gasteiger partial charge on any atom is -0.309 e. The van der Waals surface area contributed by atoms with Crippen molar-refractivity contribution in [3.05, 3.63) is 187 Å². The summed E-state index contributed by atoms with van der Waals surface area (Å²) in [5.74, 6) is 0. The molecular formula is C50H28F9N3. The van der Waals surface area contributed by atoms with E-state index in [2.05, 4.69) is 0 Å². The lowest BCUT2D eigenvalue weighted by Crippen LogP contribution is -2.16. The van der Waals surface area contributed by atoms with Crippen LogP contribution in [-0.2, 0) is 18.5 Å². The van der Waals surface area contributed by atoms with Gasteiger partial charge in [0.2, 0.25) is 0 Å². The van der Waals surface area contributed by atoms with Crippen LogP contribution in [0.4, 0.5) is 39.5 Å². The lowest BCUT2D eigenvalue weighted by molar-refractivity contribution is -0.138. The Morgan fingerprint density at radius 1 is 0.339 bits per heavy atom. The average molecular weight is 842 g/mol. The molecule has 306 valence electrons. The van der Waals surface area contributed by atoms with Crippen molar-refractivity contribution in [2.45, 2.75) is 18.5 Å². The molecule has 7 aromatic carbocycles. The Balaban J connectivity index is 1.33.